The van der Waals surface area contributed by atoms with E-state index in [0.717, 1.165) is 38.3 Å². The summed E-state index contributed by atoms with van der Waals surface area (Å²) in [5.41, 5.74) is 0. The first kappa shape index (κ1) is 12.5. The topological polar surface area (TPSA) is 51.0 Å². The quantitative estimate of drug-likeness (QED) is 0.738. The van der Waals surface area contributed by atoms with E-state index in [1.165, 1.54) is 0 Å². The van der Waals surface area contributed by atoms with E-state index in [1.54, 1.807) is 29.4 Å². The Morgan fingerprint density at radius 3 is 3.00 bits per heavy atom. The first-order valence-electron chi connectivity index (χ1n) is 5.86. The van der Waals surface area contributed by atoms with Crippen molar-refractivity contribution in [2.24, 2.45) is 0 Å². The third-order valence-corrected chi connectivity index (χ3v) is 4.72. The molecule has 3 heterocycles. The lowest BCUT2D eigenvalue weighted by Gasteiger charge is -2.05. The number of aromatic nitrogens is 2. The fourth-order valence-corrected chi connectivity index (χ4v) is 3.42. The van der Waals surface area contributed by atoms with E-state index in [4.69, 9.17) is 4.42 Å². The highest BCUT2D eigenvalue weighted by Crippen LogP contribution is 2.29. The molecule has 0 aliphatic rings. The Morgan fingerprint density at radius 2 is 2.26 bits per heavy atom. The number of hydrogen-bond acceptors (Lipinski definition) is 6. The Hall–Kier alpha value is -1.53. The summed E-state index contributed by atoms with van der Waals surface area (Å²) < 4.78 is 5.28. The van der Waals surface area contributed by atoms with Gasteiger partial charge in [-0.2, -0.15) is 0 Å². The fraction of sp³-hybridized carbons (Fsp3) is 0.231. The predicted octanol–water partition coefficient (Wildman–Crippen LogP) is 3.93. The number of fused-ring (bicyclic) bond motifs is 1. The Bertz CT molecular complexity index is 705. The fourth-order valence-electron chi connectivity index (χ4n) is 1.82. The maximum atomic E-state index is 5.28. The van der Waals surface area contributed by atoms with Crippen molar-refractivity contribution in [1.29, 1.82) is 0 Å². The molecule has 0 spiro atoms. The average Bonchev–Trinajstić information content (AvgIpc) is 3.04. The second-order valence-corrected chi connectivity index (χ2v) is 5.92. The Balaban J connectivity index is 1.86. The zero-order valence-electron chi connectivity index (χ0n) is 10.6. The van der Waals surface area contributed by atoms with Gasteiger partial charge in [0.1, 0.15) is 22.2 Å². The van der Waals surface area contributed by atoms with Gasteiger partial charge in [0.05, 0.1) is 17.4 Å². The Morgan fingerprint density at radius 1 is 1.37 bits per heavy atom. The predicted molar refractivity (Wildman–Crippen MR) is 80.0 cm³/mol. The van der Waals surface area contributed by atoms with Crippen LogP contribution in [0, 0.1) is 6.92 Å². The molecule has 0 aliphatic carbocycles. The van der Waals surface area contributed by atoms with E-state index in [9.17, 15) is 0 Å². The molecule has 4 nitrogen and oxygen atoms in total. The van der Waals surface area contributed by atoms with Gasteiger partial charge < -0.3 is 9.73 Å². The van der Waals surface area contributed by atoms with Gasteiger partial charge in [-0.1, -0.05) is 0 Å². The number of hydrogen-bond donors (Lipinski definition) is 1. The van der Waals surface area contributed by atoms with Crippen LogP contribution in [-0.2, 0) is 5.75 Å². The van der Waals surface area contributed by atoms with Gasteiger partial charge in [0, 0.05) is 11.9 Å². The lowest BCUT2D eigenvalue weighted by molar-refractivity contribution is 0.527. The highest BCUT2D eigenvalue weighted by molar-refractivity contribution is 7.98. The molecule has 1 N–H and O–H groups in total. The van der Waals surface area contributed by atoms with Crippen LogP contribution in [-0.4, -0.2) is 17.0 Å². The average molecular weight is 291 g/mol. The number of thiophene rings is 1. The summed E-state index contributed by atoms with van der Waals surface area (Å²) in [6.45, 7) is 1.96. The van der Waals surface area contributed by atoms with Gasteiger partial charge in [-0.25, -0.2) is 9.97 Å². The van der Waals surface area contributed by atoms with Crippen LogP contribution in [0.5, 0.6) is 0 Å². The molecule has 0 aromatic carbocycles. The largest absolute Gasteiger partial charge is 0.468 e. The number of rotatable bonds is 4. The summed E-state index contributed by atoms with van der Waals surface area (Å²) in [5.74, 6) is 3.41. The van der Waals surface area contributed by atoms with E-state index in [0.29, 0.717) is 0 Å². The van der Waals surface area contributed by atoms with Crippen LogP contribution in [0.3, 0.4) is 0 Å². The molecule has 19 heavy (non-hydrogen) atoms. The number of nitrogens with one attached hydrogen (secondary N) is 1. The Labute approximate surface area is 119 Å². The van der Waals surface area contributed by atoms with Gasteiger partial charge >= 0.3 is 0 Å². The van der Waals surface area contributed by atoms with Crippen molar-refractivity contribution in [1.82, 2.24) is 9.97 Å². The van der Waals surface area contributed by atoms with Crippen LogP contribution in [0.2, 0.25) is 0 Å². The molecule has 0 saturated heterocycles. The van der Waals surface area contributed by atoms with Crippen molar-refractivity contribution in [3.63, 3.8) is 0 Å². The normalized spacial score (nSPS) is 11.1. The second kappa shape index (κ2) is 5.22. The lowest BCUT2D eigenvalue weighted by atomic mass is 10.4. The number of furan rings is 1. The summed E-state index contributed by atoms with van der Waals surface area (Å²) in [6.07, 6.45) is 1.71. The molecule has 0 amide bonds. The number of nitrogens with zero attached hydrogens (tertiary/aromatic N) is 2. The number of aryl methyl sites for hydroxylation is 1. The lowest BCUT2D eigenvalue weighted by Crippen LogP contribution is -1.99. The second-order valence-electron chi connectivity index (χ2n) is 4.01. The standard InChI is InChI=1S/C13H13N3OS2/c1-8-10(3-5-17-8)19-7-11-15-12(14-2)9-4-6-18-13(9)16-11/h3-6H,7H2,1-2H3,(H,14,15,16). The third-order valence-electron chi connectivity index (χ3n) is 2.78. The number of thioether (sulfide) groups is 1. The van der Waals surface area contributed by atoms with Crippen LogP contribution in [0.15, 0.2) is 33.1 Å². The molecule has 0 bridgehead atoms. The molecule has 0 fully saturated rings. The molecule has 0 unspecified atom stereocenters. The molecule has 6 heteroatoms. The molecular formula is C13H13N3OS2. The zero-order valence-corrected chi connectivity index (χ0v) is 12.3. The van der Waals surface area contributed by atoms with Crippen LogP contribution < -0.4 is 5.32 Å². The SMILES string of the molecule is CNc1nc(CSc2ccoc2C)nc2sccc12. The molecular weight excluding hydrogens is 278 g/mol. The summed E-state index contributed by atoms with van der Waals surface area (Å²) >= 11 is 3.33. The first-order valence-corrected chi connectivity index (χ1v) is 7.73. The maximum absolute atomic E-state index is 5.28. The minimum Gasteiger partial charge on any atom is -0.468 e. The molecule has 0 saturated carbocycles. The van der Waals surface area contributed by atoms with E-state index < -0.39 is 0 Å². The van der Waals surface area contributed by atoms with Gasteiger partial charge in [-0.05, 0) is 24.4 Å². The van der Waals surface area contributed by atoms with Gasteiger partial charge in [-0.3, -0.25) is 0 Å². The van der Waals surface area contributed by atoms with E-state index in [2.05, 4.69) is 15.3 Å². The summed E-state index contributed by atoms with van der Waals surface area (Å²) in [6, 6.07) is 4.02. The summed E-state index contributed by atoms with van der Waals surface area (Å²) in [4.78, 5) is 11.3. The molecule has 3 rings (SSSR count). The van der Waals surface area contributed by atoms with Crippen molar-refractivity contribution in [3.05, 3.63) is 35.4 Å². The van der Waals surface area contributed by atoms with Crippen LogP contribution in [0.4, 0.5) is 5.82 Å². The van der Waals surface area contributed by atoms with Crippen LogP contribution >= 0.6 is 23.1 Å². The highest BCUT2D eigenvalue weighted by Gasteiger charge is 2.09. The van der Waals surface area contributed by atoms with Crippen molar-refractivity contribution in [2.75, 3.05) is 12.4 Å². The van der Waals surface area contributed by atoms with E-state index in [1.807, 2.05) is 31.5 Å². The minimum atomic E-state index is 0.739. The smallest absolute Gasteiger partial charge is 0.142 e. The summed E-state index contributed by atoms with van der Waals surface area (Å²) in [7, 11) is 1.89. The molecule has 0 radical (unpaired) electrons. The zero-order chi connectivity index (χ0) is 13.2. The maximum Gasteiger partial charge on any atom is 0.142 e. The summed E-state index contributed by atoms with van der Waals surface area (Å²) in [5, 5.41) is 6.25. The molecule has 3 aromatic heterocycles. The van der Waals surface area contributed by atoms with Gasteiger partial charge in [0.15, 0.2) is 0 Å². The monoisotopic (exact) mass is 291 g/mol. The van der Waals surface area contributed by atoms with Crippen molar-refractivity contribution >= 4 is 39.1 Å². The highest BCUT2D eigenvalue weighted by atomic mass is 32.2. The van der Waals surface area contributed by atoms with Gasteiger partial charge in [-0.15, -0.1) is 23.1 Å². The van der Waals surface area contributed by atoms with Crippen molar-refractivity contribution in [2.45, 2.75) is 17.6 Å². The van der Waals surface area contributed by atoms with E-state index >= 15 is 0 Å². The molecule has 0 aliphatic heterocycles. The van der Waals surface area contributed by atoms with Crippen molar-refractivity contribution < 1.29 is 4.42 Å². The van der Waals surface area contributed by atoms with Gasteiger partial charge in [0.2, 0.25) is 0 Å². The molecule has 0 atom stereocenters. The molecule has 3 aromatic rings. The number of anilines is 1. The van der Waals surface area contributed by atoms with Gasteiger partial charge in [0.25, 0.3) is 0 Å². The third kappa shape index (κ3) is 2.46. The minimum absolute atomic E-state index is 0.739. The van der Waals surface area contributed by atoms with Crippen LogP contribution in [0.1, 0.15) is 11.6 Å². The van der Waals surface area contributed by atoms with Crippen molar-refractivity contribution in [3.8, 4) is 0 Å². The van der Waals surface area contributed by atoms with Crippen LogP contribution in [0.25, 0.3) is 10.2 Å². The first-order chi connectivity index (χ1) is 9.28. The molecule has 98 valence electrons. The van der Waals surface area contributed by atoms with E-state index in [-0.39, 0.29) is 0 Å². The Kier molecular flexibility index (Phi) is 3.44.